The topological polar surface area (TPSA) is 57.2 Å². The Bertz CT molecular complexity index is 1420. The molecule has 390 valence electrons. The van der Waals surface area contributed by atoms with E-state index in [4.69, 9.17) is 18.6 Å². The Kier molecular flexibility index (Phi) is 35.3. The highest BCUT2D eigenvalue weighted by atomic mass is 32.2. The second-order valence-corrected chi connectivity index (χ2v) is 29.3. The van der Waals surface area contributed by atoms with Gasteiger partial charge in [-0.15, -0.1) is 0 Å². The zero-order valence-corrected chi connectivity index (χ0v) is 48.5. The number of hydrogen-bond acceptors (Lipinski definition) is 10. The number of unbranched alkanes of at least 4 members (excludes halogenated alkanes) is 12. The first kappa shape index (κ1) is 61.7. The molecule has 1 atom stereocenters. The monoisotopic (exact) mass is 1030 g/mol. The lowest BCUT2D eigenvalue weighted by Gasteiger charge is -2.43. The number of rotatable bonds is 44. The van der Waals surface area contributed by atoms with Gasteiger partial charge in [-0.1, -0.05) is 159 Å². The molecule has 68 heavy (non-hydrogen) atoms. The number of ether oxygens (including phenoxy) is 3. The number of carbonyl (C=O) groups excluding carboxylic acids is 1. The van der Waals surface area contributed by atoms with E-state index in [1.807, 2.05) is 0 Å². The summed E-state index contributed by atoms with van der Waals surface area (Å²) in [4.78, 5) is 15.2. The van der Waals surface area contributed by atoms with Crippen molar-refractivity contribution >= 4 is 71.7 Å². The van der Waals surface area contributed by atoms with Crippen LogP contribution in [0.1, 0.15) is 176 Å². The lowest BCUT2D eigenvalue weighted by molar-refractivity contribution is -0.181. The average molecular weight is 1030 g/mol. The van der Waals surface area contributed by atoms with Gasteiger partial charge in [-0.3, -0.25) is 4.79 Å². The maximum atomic E-state index is 12.8. The van der Waals surface area contributed by atoms with E-state index in [1.165, 1.54) is 146 Å². The molecular weight excluding hydrogens is 935 g/mol. The van der Waals surface area contributed by atoms with E-state index in [1.54, 1.807) is 0 Å². The zero-order valence-electron chi connectivity index (χ0n) is 44.2. The van der Waals surface area contributed by atoms with E-state index in [2.05, 4.69) is 154 Å². The van der Waals surface area contributed by atoms with Crippen LogP contribution in [-0.4, -0.2) is 117 Å². The molecule has 0 bridgehead atoms. The van der Waals surface area contributed by atoms with Gasteiger partial charge in [0.25, 0.3) is 8.32 Å². The molecule has 2 aromatic carbocycles. The number of hydrogen-bond donors (Lipinski definition) is 0. The zero-order chi connectivity index (χ0) is 48.9. The van der Waals surface area contributed by atoms with E-state index in [-0.39, 0.29) is 17.1 Å². The van der Waals surface area contributed by atoms with Gasteiger partial charge < -0.3 is 23.5 Å². The maximum Gasteiger partial charge on any atom is 0.305 e. The van der Waals surface area contributed by atoms with Gasteiger partial charge >= 0.3 is 5.97 Å². The molecule has 0 saturated carbocycles. The van der Waals surface area contributed by atoms with Crippen LogP contribution in [0.4, 0.5) is 0 Å². The minimum Gasteiger partial charge on any atom is -0.466 e. The molecule has 11 heteroatoms. The number of thioether (sulfide) groups is 4. The Morgan fingerprint density at radius 2 is 1.07 bits per heavy atom. The first-order valence-corrected chi connectivity index (χ1v) is 33.9. The van der Waals surface area contributed by atoms with Gasteiger partial charge in [0.2, 0.25) is 0 Å². The van der Waals surface area contributed by atoms with Crippen LogP contribution in [0, 0.1) is 0 Å². The first-order valence-electron chi connectivity index (χ1n) is 27.4. The SMILES string of the molecule is CCCCSCCSCCCCCCCCC1(CCCCCCCCSCCSCCCC)OCC(CCOC(=O)CCCN(C)CCCO[Si](c2ccccc2)(c2ccccc2)C(C)(C)C)O1. The third kappa shape index (κ3) is 26.4. The van der Waals surface area contributed by atoms with E-state index in [0.717, 1.165) is 51.6 Å². The van der Waals surface area contributed by atoms with Crippen molar-refractivity contribution in [1.29, 1.82) is 0 Å². The van der Waals surface area contributed by atoms with Crippen LogP contribution in [0.2, 0.25) is 5.04 Å². The largest absolute Gasteiger partial charge is 0.466 e. The molecule has 1 saturated heterocycles. The minimum absolute atomic E-state index is 0.00916. The van der Waals surface area contributed by atoms with Crippen molar-refractivity contribution in [2.24, 2.45) is 0 Å². The number of nitrogens with zero attached hydrogens (tertiary/aromatic N) is 1. The minimum atomic E-state index is -2.53. The number of benzene rings is 2. The molecule has 1 heterocycles. The third-order valence-corrected chi connectivity index (χ3v) is 23.0. The van der Waals surface area contributed by atoms with Crippen LogP contribution in [0.15, 0.2) is 60.7 Å². The Labute approximate surface area is 436 Å². The highest BCUT2D eigenvalue weighted by Crippen LogP contribution is 2.37. The Morgan fingerprint density at radius 1 is 0.618 bits per heavy atom. The Morgan fingerprint density at radius 3 is 1.56 bits per heavy atom. The molecule has 0 radical (unpaired) electrons. The summed E-state index contributed by atoms with van der Waals surface area (Å²) in [5.41, 5.74) is 0. The van der Waals surface area contributed by atoms with Crippen LogP contribution in [0.3, 0.4) is 0 Å². The molecule has 1 aliphatic heterocycles. The summed E-state index contributed by atoms with van der Waals surface area (Å²) in [5.74, 6) is 9.92. The van der Waals surface area contributed by atoms with E-state index < -0.39 is 14.1 Å². The maximum absolute atomic E-state index is 12.8. The molecule has 0 aromatic heterocycles. The van der Waals surface area contributed by atoms with Crippen LogP contribution < -0.4 is 10.4 Å². The summed E-state index contributed by atoms with van der Waals surface area (Å²) in [6.07, 6.45) is 25.6. The molecule has 6 nitrogen and oxygen atoms in total. The average Bonchev–Trinajstić information content (AvgIpc) is 3.74. The molecule has 0 amide bonds. The van der Waals surface area contributed by atoms with Crippen molar-refractivity contribution in [2.45, 2.75) is 193 Å². The number of esters is 1. The summed E-state index contributed by atoms with van der Waals surface area (Å²) in [5, 5.41) is 2.60. The highest BCUT2D eigenvalue weighted by Gasteiger charge is 2.50. The standard InChI is InChI=1S/C57H99NO5S4Si/c1-7-9-43-64-47-49-66-45-27-17-13-11-15-25-37-57(38-26-16-12-14-18-28-46-67-50-48-65-44-10-8-2)61-51-52(63-57)36-42-60-55(59)35-29-39-58(6)40-30-41-62-68(56(3,4)5,53-31-21-19-22-32-53)54-33-23-20-24-34-54/h19-24,31-34,52H,7-18,25-30,35-51H2,1-6H3. The summed E-state index contributed by atoms with van der Waals surface area (Å²) in [6, 6.07) is 21.7. The molecule has 1 unspecified atom stereocenters. The van der Waals surface area contributed by atoms with Gasteiger partial charge in [0.05, 0.1) is 19.3 Å². The van der Waals surface area contributed by atoms with Gasteiger partial charge in [-0.2, -0.15) is 47.0 Å². The Hall–Kier alpha value is -0.633. The molecular formula is C57H99NO5S4Si. The van der Waals surface area contributed by atoms with Crippen molar-refractivity contribution in [3.63, 3.8) is 0 Å². The van der Waals surface area contributed by atoms with Crippen molar-refractivity contribution < 1.29 is 23.4 Å². The van der Waals surface area contributed by atoms with Crippen LogP contribution in [-0.2, 0) is 23.4 Å². The van der Waals surface area contributed by atoms with Crippen LogP contribution >= 0.6 is 47.0 Å². The lowest BCUT2D eigenvalue weighted by atomic mass is 9.99. The van der Waals surface area contributed by atoms with Gasteiger partial charge in [0.15, 0.2) is 5.79 Å². The van der Waals surface area contributed by atoms with Crippen molar-refractivity contribution in [3.05, 3.63) is 60.7 Å². The third-order valence-electron chi connectivity index (χ3n) is 13.2. The first-order chi connectivity index (χ1) is 33.2. The number of carbonyl (C=O) groups is 1. The van der Waals surface area contributed by atoms with Gasteiger partial charge in [0, 0.05) is 55.3 Å². The quantitative estimate of drug-likeness (QED) is 0.0364. The lowest BCUT2D eigenvalue weighted by Crippen LogP contribution is -2.66. The molecule has 1 aliphatic rings. The molecule has 3 rings (SSSR count). The fourth-order valence-corrected chi connectivity index (χ4v) is 18.3. The molecule has 0 aliphatic carbocycles. The van der Waals surface area contributed by atoms with Crippen molar-refractivity contribution in [1.82, 2.24) is 4.90 Å². The summed E-state index contributed by atoms with van der Waals surface area (Å²) >= 11 is 8.53. The van der Waals surface area contributed by atoms with Gasteiger partial charge in [-0.25, -0.2) is 0 Å². The highest BCUT2D eigenvalue weighted by molar-refractivity contribution is 8.03. The summed E-state index contributed by atoms with van der Waals surface area (Å²) < 4.78 is 26.2. The van der Waals surface area contributed by atoms with E-state index in [0.29, 0.717) is 32.7 Å². The van der Waals surface area contributed by atoms with Crippen LogP contribution in [0.25, 0.3) is 0 Å². The second-order valence-electron chi connectivity index (χ2n) is 20.1. The molecule has 0 N–H and O–H groups in total. The van der Waals surface area contributed by atoms with Crippen molar-refractivity contribution in [3.8, 4) is 0 Å². The van der Waals surface area contributed by atoms with Gasteiger partial charge in [-0.05, 0) is 110 Å². The van der Waals surface area contributed by atoms with E-state index >= 15 is 0 Å². The van der Waals surface area contributed by atoms with Crippen molar-refractivity contribution in [2.75, 3.05) is 86.0 Å². The summed E-state index contributed by atoms with van der Waals surface area (Å²) in [7, 11) is -0.385. The predicted molar refractivity (Wildman–Crippen MR) is 308 cm³/mol. The Balaban J connectivity index is 1.33. The fourth-order valence-electron chi connectivity index (χ4n) is 9.20. The van der Waals surface area contributed by atoms with E-state index in [9.17, 15) is 4.79 Å². The smallest absolute Gasteiger partial charge is 0.305 e. The van der Waals surface area contributed by atoms with Crippen LogP contribution in [0.5, 0.6) is 0 Å². The molecule has 0 spiro atoms. The molecule has 1 fully saturated rings. The van der Waals surface area contributed by atoms with Gasteiger partial charge in [0.1, 0.15) is 0 Å². The summed E-state index contributed by atoms with van der Waals surface area (Å²) in [6.45, 7) is 15.0. The fraction of sp³-hybridized carbons (Fsp3) is 0.772. The second kappa shape index (κ2) is 38.9. The predicted octanol–water partition coefficient (Wildman–Crippen LogP) is 14.7. The molecule has 2 aromatic rings. The normalized spacial score (nSPS) is 15.1.